The van der Waals surface area contributed by atoms with E-state index >= 15 is 0 Å². The molecule has 2 rings (SSSR count). The van der Waals surface area contributed by atoms with Crippen LogP contribution in [0.4, 0.5) is 23.5 Å². The first-order valence-corrected chi connectivity index (χ1v) is 4.50. The number of aromatic hydroxyl groups is 1. The van der Waals surface area contributed by atoms with Gasteiger partial charge in [0.15, 0.2) is 5.54 Å². The molecule has 17 heavy (non-hydrogen) atoms. The van der Waals surface area contributed by atoms with Crippen molar-refractivity contribution < 1.29 is 22.7 Å². The van der Waals surface area contributed by atoms with Crippen LogP contribution in [0.25, 0.3) is 0 Å². The molecule has 0 saturated heterocycles. The molecule has 1 atom stereocenters. The van der Waals surface area contributed by atoms with Crippen LogP contribution in [0.1, 0.15) is 6.92 Å². The molecule has 5 nitrogen and oxygen atoms in total. The quantitative estimate of drug-likeness (QED) is 0.672. The molecule has 0 aromatic carbocycles. The third-order valence-corrected chi connectivity index (χ3v) is 2.58. The summed E-state index contributed by atoms with van der Waals surface area (Å²) in [6.45, 7) is 0.0188. The number of hydrogen-bond donors (Lipinski definition) is 2. The molecule has 2 heterocycles. The number of fused-ring (bicyclic) bond motifs is 1. The monoisotopic (exact) mass is 253 g/mol. The van der Waals surface area contributed by atoms with E-state index in [1.54, 1.807) is 0 Å². The summed E-state index contributed by atoms with van der Waals surface area (Å²) in [6.07, 6.45) is -4.64. The molecule has 0 saturated carbocycles. The van der Waals surface area contributed by atoms with Crippen LogP contribution in [-0.2, 0) is 6.54 Å². The lowest BCUT2D eigenvalue weighted by Crippen LogP contribution is -2.48. The average molecular weight is 253 g/mol. The fourth-order valence-electron chi connectivity index (χ4n) is 1.53. The van der Waals surface area contributed by atoms with Gasteiger partial charge < -0.3 is 10.4 Å². The third-order valence-electron chi connectivity index (χ3n) is 2.58. The van der Waals surface area contributed by atoms with E-state index in [4.69, 9.17) is 5.11 Å². The Bertz CT molecular complexity index is 539. The predicted molar refractivity (Wildman–Crippen MR) is 48.2 cm³/mol. The maximum Gasteiger partial charge on any atom is 0.412 e. The van der Waals surface area contributed by atoms with E-state index in [1.165, 1.54) is 0 Å². The van der Waals surface area contributed by atoms with Gasteiger partial charge in [-0.2, -0.15) is 22.5 Å². The zero-order valence-corrected chi connectivity index (χ0v) is 8.47. The third kappa shape index (κ3) is 1.53. The highest BCUT2D eigenvalue weighted by molar-refractivity contribution is 5.39. The van der Waals surface area contributed by atoms with Crippen LogP contribution in [0.15, 0.2) is 4.79 Å². The molecule has 0 aliphatic carbocycles. The molecular formula is C8H7F4N3O2. The van der Waals surface area contributed by atoms with Crippen LogP contribution in [0.2, 0.25) is 0 Å². The van der Waals surface area contributed by atoms with E-state index in [0.29, 0.717) is 4.57 Å². The Morgan fingerprint density at radius 2 is 2.12 bits per heavy atom. The SMILES string of the molecule is C[C@]1(C(F)(F)F)Cn2c(nc(O)c(F)c2=O)N1. The summed E-state index contributed by atoms with van der Waals surface area (Å²) in [7, 11) is 0. The van der Waals surface area contributed by atoms with Gasteiger partial charge in [0, 0.05) is 0 Å². The van der Waals surface area contributed by atoms with Crippen LogP contribution in [-0.4, -0.2) is 26.4 Å². The lowest BCUT2D eigenvalue weighted by molar-refractivity contribution is -0.174. The molecule has 0 amide bonds. The molecule has 0 unspecified atom stereocenters. The minimum atomic E-state index is -4.64. The Morgan fingerprint density at radius 1 is 1.53 bits per heavy atom. The number of anilines is 1. The number of halogens is 4. The number of aromatic nitrogens is 2. The Labute approximate surface area is 91.7 Å². The first-order valence-electron chi connectivity index (χ1n) is 4.50. The van der Waals surface area contributed by atoms with E-state index in [-0.39, 0.29) is 0 Å². The number of hydrogen-bond acceptors (Lipinski definition) is 4. The summed E-state index contributed by atoms with van der Waals surface area (Å²) in [5, 5.41) is 10.9. The fourth-order valence-corrected chi connectivity index (χ4v) is 1.53. The van der Waals surface area contributed by atoms with Gasteiger partial charge in [-0.25, -0.2) is 0 Å². The Hall–Kier alpha value is -1.80. The van der Waals surface area contributed by atoms with Gasteiger partial charge in [0.05, 0.1) is 6.54 Å². The predicted octanol–water partition coefficient (Wildman–Crippen LogP) is 0.834. The van der Waals surface area contributed by atoms with Crippen molar-refractivity contribution in [2.75, 3.05) is 5.32 Å². The summed E-state index contributed by atoms with van der Waals surface area (Å²) in [6, 6.07) is 0. The van der Waals surface area contributed by atoms with Crippen LogP contribution >= 0.6 is 0 Å². The van der Waals surface area contributed by atoms with Gasteiger partial charge in [0.25, 0.3) is 11.4 Å². The minimum absolute atomic E-state index is 0.503. The number of nitrogens with one attached hydrogen (secondary N) is 1. The van der Waals surface area contributed by atoms with Gasteiger partial charge >= 0.3 is 6.18 Å². The maximum absolute atomic E-state index is 13.0. The molecule has 0 fully saturated rings. The zero-order chi connectivity index (χ0) is 13.0. The van der Waals surface area contributed by atoms with Crippen LogP contribution < -0.4 is 10.9 Å². The average Bonchev–Trinajstić information content (AvgIpc) is 2.52. The number of nitrogens with zero attached hydrogens (tertiary/aromatic N) is 2. The topological polar surface area (TPSA) is 67.1 Å². The normalized spacial score (nSPS) is 23.4. The molecule has 0 radical (unpaired) electrons. The van der Waals surface area contributed by atoms with Gasteiger partial charge in [-0.05, 0) is 6.92 Å². The van der Waals surface area contributed by atoms with Crippen LogP contribution in [0.5, 0.6) is 5.88 Å². The first-order chi connectivity index (χ1) is 7.66. The second kappa shape index (κ2) is 3.11. The van der Waals surface area contributed by atoms with Gasteiger partial charge in [0.2, 0.25) is 11.8 Å². The van der Waals surface area contributed by atoms with E-state index < -0.39 is 41.5 Å². The fraction of sp³-hybridized carbons (Fsp3) is 0.500. The van der Waals surface area contributed by atoms with Gasteiger partial charge in [-0.15, -0.1) is 0 Å². The summed E-state index contributed by atoms with van der Waals surface area (Å²) in [5.74, 6) is -3.30. The van der Waals surface area contributed by atoms with Gasteiger partial charge in [-0.3, -0.25) is 9.36 Å². The Kier molecular flexibility index (Phi) is 2.14. The molecule has 0 spiro atoms. The van der Waals surface area contributed by atoms with Gasteiger partial charge in [0.1, 0.15) is 0 Å². The zero-order valence-electron chi connectivity index (χ0n) is 8.47. The van der Waals surface area contributed by atoms with E-state index in [2.05, 4.69) is 4.98 Å². The molecule has 9 heteroatoms. The lowest BCUT2D eigenvalue weighted by Gasteiger charge is -2.26. The lowest BCUT2D eigenvalue weighted by atomic mass is 10.0. The van der Waals surface area contributed by atoms with Crippen molar-refractivity contribution in [1.29, 1.82) is 0 Å². The molecule has 0 bridgehead atoms. The first kappa shape index (κ1) is 11.7. The minimum Gasteiger partial charge on any atom is -0.491 e. The second-order valence-electron chi connectivity index (χ2n) is 3.92. The van der Waals surface area contributed by atoms with E-state index in [9.17, 15) is 22.4 Å². The molecule has 1 aromatic heterocycles. The highest BCUT2D eigenvalue weighted by atomic mass is 19.4. The van der Waals surface area contributed by atoms with Crippen molar-refractivity contribution in [2.24, 2.45) is 0 Å². The largest absolute Gasteiger partial charge is 0.491 e. The van der Waals surface area contributed by atoms with Crippen molar-refractivity contribution in [3.05, 3.63) is 16.2 Å². The Morgan fingerprint density at radius 3 is 2.65 bits per heavy atom. The molecular weight excluding hydrogens is 246 g/mol. The van der Waals surface area contributed by atoms with Crippen molar-refractivity contribution in [3.8, 4) is 5.88 Å². The van der Waals surface area contributed by atoms with Crippen molar-refractivity contribution in [1.82, 2.24) is 9.55 Å². The summed E-state index contributed by atoms with van der Waals surface area (Å²) in [5.41, 5.74) is -3.75. The van der Waals surface area contributed by atoms with Gasteiger partial charge in [-0.1, -0.05) is 0 Å². The Balaban J connectivity index is 2.55. The molecule has 1 aliphatic heterocycles. The van der Waals surface area contributed by atoms with Crippen molar-refractivity contribution >= 4 is 5.95 Å². The second-order valence-corrected chi connectivity index (χ2v) is 3.92. The standard InChI is InChI=1S/C8H7F4N3O2/c1-7(8(10,11)12)2-15-5(17)3(9)4(16)13-6(15)14-7/h16H,2H2,1H3,(H,13,14)/t7-/m1/s1. The summed E-state index contributed by atoms with van der Waals surface area (Å²) >= 11 is 0. The number of alkyl halides is 3. The molecule has 1 aromatic rings. The molecule has 1 aliphatic rings. The maximum atomic E-state index is 13.0. The summed E-state index contributed by atoms with van der Waals surface area (Å²) in [4.78, 5) is 14.4. The highest BCUT2D eigenvalue weighted by Crippen LogP contribution is 2.38. The van der Waals surface area contributed by atoms with E-state index in [0.717, 1.165) is 6.92 Å². The van der Waals surface area contributed by atoms with Crippen LogP contribution in [0, 0.1) is 5.82 Å². The highest BCUT2D eigenvalue weighted by Gasteiger charge is 2.55. The molecule has 2 N–H and O–H groups in total. The van der Waals surface area contributed by atoms with Crippen molar-refractivity contribution in [2.45, 2.75) is 25.2 Å². The van der Waals surface area contributed by atoms with Crippen molar-refractivity contribution in [3.63, 3.8) is 0 Å². The van der Waals surface area contributed by atoms with Crippen LogP contribution in [0.3, 0.4) is 0 Å². The smallest absolute Gasteiger partial charge is 0.412 e. The molecule has 94 valence electrons. The van der Waals surface area contributed by atoms with E-state index in [1.807, 2.05) is 5.32 Å². The number of rotatable bonds is 0. The summed E-state index contributed by atoms with van der Waals surface area (Å²) < 4.78 is 51.5.